The van der Waals surface area contributed by atoms with Crippen LogP contribution in [0, 0.1) is 5.92 Å². The highest BCUT2D eigenvalue weighted by Crippen LogP contribution is 2.38. The zero-order valence-corrected chi connectivity index (χ0v) is 7.19. The maximum Gasteiger partial charge on any atom is 0.0159 e. The van der Waals surface area contributed by atoms with Crippen LogP contribution in [0.2, 0.25) is 0 Å². The van der Waals surface area contributed by atoms with Gasteiger partial charge in [0.1, 0.15) is 0 Å². The minimum atomic E-state index is 0.245. The van der Waals surface area contributed by atoms with Crippen LogP contribution >= 0.6 is 0 Å². The predicted molar refractivity (Wildman–Crippen MR) is 44.8 cm³/mol. The molecule has 0 heterocycles. The Morgan fingerprint density at radius 2 is 2.10 bits per heavy atom. The summed E-state index contributed by atoms with van der Waals surface area (Å²) in [7, 11) is 0. The van der Waals surface area contributed by atoms with Gasteiger partial charge in [-0.05, 0) is 25.2 Å². The van der Waals surface area contributed by atoms with E-state index in [-0.39, 0.29) is 5.54 Å². The molecule has 10 heavy (non-hydrogen) atoms. The average molecular weight is 141 g/mol. The molecule has 1 heteroatoms. The fraction of sp³-hybridized carbons (Fsp3) is 1.00. The summed E-state index contributed by atoms with van der Waals surface area (Å²) in [5.41, 5.74) is 6.32. The van der Waals surface area contributed by atoms with Crippen LogP contribution in [0.4, 0.5) is 0 Å². The highest BCUT2D eigenvalue weighted by molar-refractivity contribution is 4.96. The van der Waals surface area contributed by atoms with Gasteiger partial charge in [-0.1, -0.05) is 26.7 Å². The van der Waals surface area contributed by atoms with Crippen LogP contribution < -0.4 is 5.73 Å². The van der Waals surface area contributed by atoms with Crippen molar-refractivity contribution in [3.63, 3.8) is 0 Å². The smallest absolute Gasteiger partial charge is 0.0159 e. The number of unbranched alkanes of at least 4 members (excludes halogenated alkanes) is 1. The highest BCUT2D eigenvalue weighted by atomic mass is 14.8. The van der Waals surface area contributed by atoms with Gasteiger partial charge in [-0.2, -0.15) is 0 Å². The average Bonchev–Trinajstić information content (AvgIpc) is 1.81. The molecular weight excluding hydrogens is 122 g/mol. The fourth-order valence-electron chi connectivity index (χ4n) is 2.06. The maximum absolute atomic E-state index is 6.08. The number of nitrogens with two attached hydrogens (primary N) is 1. The summed E-state index contributed by atoms with van der Waals surface area (Å²) in [6.07, 6.45) is 6.35. The Hall–Kier alpha value is -0.0400. The van der Waals surface area contributed by atoms with E-state index in [4.69, 9.17) is 5.73 Å². The molecule has 0 radical (unpaired) electrons. The summed E-state index contributed by atoms with van der Waals surface area (Å²) >= 11 is 0. The largest absolute Gasteiger partial charge is 0.325 e. The normalized spacial score (nSPS) is 39.3. The molecule has 1 rings (SSSR count). The molecule has 0 amide bonds. The zero-order chi connectivity index (χ0) is 7.61. The SMILES string of the molecule is CCCCC1(N)CC(C)C1. The fourth-order valence-corrected chi connectivity index (χ4v) is 2.06. The van der Waals surface area contributed by atoms with Gasteiger partial charge in [0, 0.05) is 5.54 Å². The first-order valence-electron chi connectivity index (χ1n) is 4.45. The van der Waals surface area contributed by atoms with Gasteiger partial charge in [0.2, 0.25) is 0 Å². The van der Waals surface area contributed by atoms with Gasteiger partial charge < -0.3 is 5.73 Å². The van der Waals surface area contributed by atoms with Gasteiger partial charge in [-0.25, -0.2) is 0 Å². The molecule has 0 aromatic carbocycles. The molecule has 0 aliphatic heterocycles. The second-order valence-electron chi connectivity index (χ2n) is 3.98. The van der Waals surface area contributed by atoms with Crippen LogP contribution in [0.1, 0.15) is 46.0 Å². The summed E-state index contributed by atoms with van der Waals surface area (Å²) in [6, 6.07) is 0. The topological polar surface area (TPSA) is 26.0 Å². The van der Waals surface area contributed by atoms with Crippen molar-refractivity contribution in [2.45, 2.75) is 51.5 Å². The second kappa shape index (κ2) is 2.91. The molecule has 0 aromatic rings. The van der Waals surface area contributed by atoms with Gasteiger partial charge in [0.25, 0.3) is 0 Å². The molecule has 1 aliphatic rings. The van der Waals surface area contributed by atoms with Crippen molar-refractivity contribution in [1.82, 2.24) is 0 Å². The summed E-state index contributed by atoms with van der Waals surface area (Å²) < 4.78 is 0. The van der Waals surface area contributed by atoms with Crippen molar-refractivity contribution in [3.8, 4) is 0 Å². The Balaban J connectivity index is 2.15. The van der Waals surface area contributed by atoms with E-state index in [1.807, 2.05) is 0 Å². The number of rotatable bonds is 3. The lowest BCUT2D eigenvalue weighted by atomic mass is 9.67. The highest BCUT2D eigenvalue weighted by Gasteiger charge is 2.37. The van der Waals surface area contributed by atoms with E-state index in [1.165, 1.54) is 32.1 Å². The van der Waals surface area contributed by atoms with Crippen LogP contribution in [-0.2, 0) is 0 Å². The number of hydrogen-bond donors (Lipinski definition) is 1. The molecule has 1 nitrogen and oxygen atoms in total. The minimum absolute atomic E-state index is 0.245. The second-order valence-corrected chi connectivity index (χ2v) is 3.98. The summed E-state index contributed by atoms with van der Waals surface area (Å²) in [6.45, 7) is 4.52. The molecule has 1 saturated carbocycles. The van der Waals surface area contributed by atoms with Crippen molar-refractivity contribution < 1.29 is 0 Å². The standard InChI is InChI=1S/C9H19N/c1-3-4-5-9(10)6-8(2)7-9/h8H,3-7,10H2,1-2H3. The Labute approximate surface area is 64.0 Å². The summed E-state index contributed by atoms with van der Waals surface area (Å²) in [4.78, 5) is 0. The predicted octanol–water partition coefficient (Wildman–Crippen LogP) is 2.30. The van der Waals surface area contributed by atoms with Crippen LogP contribution in [0.3, 0.4) is 0 Å². The Morgan fingerprint density at radius 1 is 1.50 bits per heavy atom. The van der Waals surface area contributed by atoms with E-state index in [0.717, 1.165) is 5.92 Å². The zero-order valence-electron chi connectivity index (χ0n) is 7.19. The maximum atomic E-state index is 6.08. The molecular formula is C9H19N. The first-order chi connectivity index (χ1) is 4.66. The van der Waals surface area contributed by atoms with Crippen LogP contribution in [0.5, 0.6) is 0 Å². The van der Waals surface area contributed by atoms with Crippen molar-refractivity contribution in [2.24, 2.45) is 11.7 Å². The van der Waals surface area contributed by atoms with Gasteiger partial charge in [-0.15, -0.1) is 0 Å². The molecule has 0 atom stereocenters. The van der Waals surface area contributed by atoms with Crippen molar-refractivity contribution in [2.75, 3.05) is 0 Å². The number of hydrogen-bond acceptors (Lipinski definition) is 1. The van der Waals surface area contributed by atoms with E-state index >= 15 is 0 Å². The summed E-state index contributed by atoms with van der Waals surface area (Å²) in [5, 5.41) is 0. The Bertz CT molecular complexity index is 103. The molecule has 60 valence electrons. The molecule has 2 N–H and O–H groups in total. The third-order valence-corrected chi connectivity index (χ3v) is 2.54. The minimum Gasteiger partial charge on any atom is -0.325 e. The van der Waals surface area contributed by atoms with Crippen molar-refractivity contribution >= 4 is 0 Å². The first kappa shape index (κ1) is 8.06. The van der Waals surface area contributed by atoms with E-state index in [2.05, 4.69) is 13.8 Å². The molecule has 0 saturated heterocycles. The van der Waals surface area contributed by atoms with Gasteiger partial charge in [-0.3, -0.25) is 0 Å². The Morgan fingerprint density at radius 3 is 2.50 bits per heavy atom. The molecule has 0 unspecified atom stereocenters. The van der Waals surface area contributed by atoms with E-state index in [1.54, 1.807) is 0 Å². The van der Waals surface area contributed by atoms with Crippen LogP contribution in [0.15, 0.2) is 0 Å². The van der Waals surface area contributed by atoms with Crippen LogP contribution in [0.25, 0.3) is 0 Å². The van der Waals surface area contributed by atoms with E-state index in [0.29, 0.717) is 0 Å². The molecule has 0 aromatic heterocycles. The lowest BCUT2D eigenvalue weighted by molar-refractivity contribution is 0.148. The molecule has 1 fully saturated rings. The molecule has 1 aliphatic carbocycles. The van der Waals surface area contributed by atoms with E-state index in [9.17, 15) is 0 Å². The molecule has 0 bridgehead atoms. The molecule has 0 spiro atoms. The monoisotopic (exact) mass is 141 g/mol. The summed E-state index contributed by atoms with van der Waals surface area (Å²) in [5.74, 6) is 0.891. The Kier molecular flexibility index (Phi) is 2.35. The van der Waals surface area contributed by atoms with Gasteiger partial charge in [0.05, 0.1) is 0 Å². The third-order valence-electron chi connectivity index (χ3n) is 2.54. The first-order valence-corrected chi connectivity index (χ1v) is 4.45. The van der Waals surface area contributed by atoms with Gasteiger partial charge in [0.15, 0.2) is 0 Å². The van der Waals surface area contributed by atoms with Crippen LogP contribution in [-0.4, -0.2) is 5.54 Å². The van der Waals surface area contributed by atoms with E-state index < -0.39 is 0 Å². The lowest BCUT2D eigenvalue weighted by Crippen LogP contribution is -2.50. The van der Waals surface area contributed by atoms with Gasteiger partial charge >= 0.3 is 0 Å². The van der Waals surface area contributed by atoms with Crippen molar-refractivity contribution in [3.05, 3.63) is 0 Å². The quantitative estimate of drug-likeness (QED) is 0.641. The third kappa shape index (κ3) is 1.72. The lowest BCUT2D eigenvalue weighted by Gasteiger charge is -2.43. The van der Waals surface area contributed by atoms with Crippen molar-refractivity contribution in [1.29, 1.82) is 0 Å².